The maximum atomic E-state index is 13.4. The Bertz CT molecular complexity index is 581. The van der Waals surface area contributed by atoms with Crippen LogP contribution in [0.2, 0.25) is 0 Å². The van der Waals surface area contributed by atoms with Gasteiger partial charge >= 0.3 is 0 Å². The average molecular weight is 351 g/mol. The topological polar surface area (TPSA) is 49.4 Å². The van der Waals surface area contributed by atoms with Crippen molar-refractivity contribution in [1.29, 1.82) is 0 Å². The highest BCUT2D eigenvalue weighted by Crippen LogP contribution is 2.22. The molecule has 0 aliphatic carbocycles. The van der Waals surface area contributed by atoms with Crippen molar-refractivity contribution in [3.8, 4) is 0 Å². The second-order valence-corrected chi connectivity index (χ2v) is 8.40. The molecular weight excluding hydrogens is 327 g/mol. The number of hydrogen-bond acceptors (Lipinski definition) is 4. The molecule has 22 heavy (non-hydrogen) atoms. The molecule has 1 aromatic rings. The van der Waals surface area contributed by atoms with Gasteiger partial charge in [-0.25, -0.2) is 12.8 Å². The Balaban J connectivity index is 0.00000242. The molecule has 1 aromatic carbocycles. The van der Waals surface area contributed by atoms with Crippen LogP contribution in [0.15, 0.2) is 24.3 Å². The number of sulfone groups is 1. The summed E-state index contributed by atoms with van der Waals surface area (Å²) in [6.07, 6.45) is 0. The van der Waals surface area contributed by atoms with Crippen LogP contribution in [0, 0.1) is 5.82 Å². The molecule has 1 aliphatic heterocycles. The van der Waals surface area contributed by atoms with Crippen LogP contribution in [0.3, 0.4) is 0 Å². The Hall–Kier alpha value is -0.690. The SMILES string of the molecule is CC(C)S(=O)(=O)CCN1CCNCC1c1cccc(F)c1.Cl. The molecule has 1 unspecified atom stereocenters. The van der Waals surface area contributed by atoms with Crippen molar-refractivity contribution in [1.82, 2.24) is 10.2 Å². The summed E-state index contributed by atoms with van der Waals surface area (Å²) in [7, 11) is -3.05. The van der Waals surface area contributed by atoms with Crippen molar-refractivity contribution < 1.29 is 12.8 Å². The van der Waals surface area contributed by atoms with Crippen LogP contribution in [0.5, 0.6) is 0 Å². The number of hydrogen-bond donors (Lipinski definition) is 1. The molecule has 0 aromatic heterocycles. The molecule has 1 fully saturated rings. The molecule has 126 valence electrons. The van der Waals surface area contributed by atoms with E-state index in [2.05, 4.69) is 10.2 Å². The Morgan fingerprint density at radius 1 is 1.41 bits per heavy atom. The lowest BCUT2D eigenvalue weighted by Crippen LogP contribution is -2.47. The van der Waals surface area contributed by atoms with Gasteiger partial charge in [0.25, 0.3) is 0 Å². The lowest BCUT2D eigenvalue weighted by Gasteiger charge is -2.36. The summed E-state index contributed by atoms with van der Waals surface area (Å²) >= 11 is 0. The van der Waals surface area contributed by atoms with Gasteiger partial charge in [-0.15, -0.1) is 12.4 Å². The van der Waals surface area contributed by atoms with E-state index in [4.69, 9.17) is 0 Å². The minimum Gasteiger partial charge on any atom is -0.314 e. The van der Waals surface area contributed by atoms with E-state index in [-0.39, 0.29) is 35.3 Å². The van der Waals surface area contributed by atoms with Gasteiger partial charge in [0.05, 0.1) is 11.0 Å². The van der Waals surface area contributed by atoms with Crippen molar-refractivity contribution in [2.75, 3.05) is 31.9 Å². The molecule has 0 radical (unpaired) electrons. The van der Waals surface area contributed by atoms with Crippen LogP contribution in [0.25, 0.3) is 0 Å². The fourth-order valence-electron chi connectivity index (χ4n) is 2.54. The van der Waals surface area contributed by atoms with E-state index >= 15 is 0 Å². The Kier molecular flexibility index (Phi) is 7.25. The first-order chi connectivity index (χ1) is 9.90. The summed E-state index contributed by atoms with van der Waals surface area (Å²) in [5.41, 5.74) is 0.893. The summed E-state index contributed by atoms with van der Waals surface area (Å²) in [5.74, 6) is -0.107. The van der Waals surface area contributed by atoms with E-state index in [1.807, 2.05) is 6.07 Å². The zero-order valence-electron chi connectivity index (χ0n) is 13.0. The van der Waals surface area contributed by atoms with Gasteiger partial charge in [-0.1, -0.05) is 12.1 Å². The predicted molar refractivity (Wildman–Crippen MR) is 89.8 cm³/mol. The molecule has 1 N–H and O–H groups in total. The summed E-state index contributed by atoms with van der Waals surface area (Å²) in [6.45, 7) is 6.21. The van der Waals surface area contributed by atoms with Crippen molar-refractivity contribution in [2.24, 2.45) is 0 Å². The summed E-state index contributed by atoms with van der Waals surface area (Å²) in [4.78, 5) is 2.13. The third-order valence-electron chi connectivity index (χ3n) is 3.97. The smallest absolute Gasteiger partial charge is 0.153 e. The van der Waals surface area contributed by atoms with Gasteiger partial charge in [0, 0.05) is 32.2 Å². The van der Waals surface area contributed by atoms with Gasteiger partial charge in [-0.2, -0.15) is 0 Å². The van der Waals surface area contributed by atoms with Gasteiger partial charge in [-0.3, -0.25) is 4.90 Å². The molecule has 7 heteroatoms. The molecule has 1 atom stereocenters. The van der Waals surface area contributed by atoms with E-state index in [0.29, 0.717) is 13.1 Å². The molecule has 0 saturated carbocycles. The van der Waals surface area contributed by atoms with E-state index in [0.717, 1.165) is 18.7 Å². The lowest BCUT2D eigenvalue weighted by atomic mass is 10.0. The number of nitrogens with zero attached hydrogens (tertiary/aromatic N) is 1. The zero-order valence-corrected chi connectivity index (χ0v) is 14.6. The first-order valence-corrected chi connectivity index (χ1v) is 9.03. The number of nitrogens with one attached hydrogen (secondary N) is 1. The van der Waals surface area contributed by atoms with Gasteiger partial charge in [-0.05, 0) is 31.5 Å². The van der Waals surface area contributed by atoms with E-state index in [9.17, 15) is 12.8 Å². The van der Waals surface area contributed by atoms with Gasteiger partial charge in [0.15, 0.2) is 9.84 Å². The highest BCUT2D eigenvalue weighted by atomic mass is 35.5. The minimum absolute atomic E-state index is 0. The number of piperazine rings is 1. The van der Waals surface area contributed by atoms with Crippen LogP contribution in [0.1, 0.15) is 25.5 Å². The summed E-state index contributed by atoms with van der Waals surface area (Å²) in [5, 5.41) is 2.94. The van der Waals surface area contributed by atoms with Crippen LogP contribution in [-0.2, 0) is 9.84 Å². The third kappa shape index (κ3) is 4.91. The highest BCUT2D eigenvalue weighted by Gasteiger charge is 2.26. The van der Waals surface area contributed by atoms with Crippen molar-refractivity contribution in [3.63, 3.8) is 0 Å². The van der Waals surface area contributed by atoms with Crippen LogP contribution in [0.4, 0.5) is 4.39 Å². The molecule has 0 spiro atoms. The lowest BCUT2D eigenvalue weighted by molar-refractivity contribution is 0.171. The number of halogens is 2. The minimum atomic E-state index is -3.05. The van der Waals surface area contributed by atoms with Crippen LogP contribution < -0.4 is 5.32 Å². The summed E-state index contributed by atoms with van der Waals surface area (Å²) in [6, 6.07) is 6.57. The fourth-order valence-corrected chi connectivity index (χ4v) is 3.50. The summed E-state index contributed by atoms with van der Waals surface area (Å²) < 4.78 is 37.3. The van der Waals surface area contributed by atoms with E-state index in [1.165, 1.54) is 12.1 Å². The molecule has 1 heterocycles. The highest BCUT2D eigenvalue weighted by molar-refractivity contribution is 7.92. The first kappa shape index (κ1) is 19.4. The molecule has 2 rings (SSSR count). The van der Waals surface area contributed by atoms with Crippen LogP contribution >= 0.6 is 12.4 Å². The number of benzene rings is 1. The quantitative estimate of drug-likeness (QED) is 0.882. The molecular formula is C15H24ClFN2O2S. The zero-order chi connectivity index (χ0) is 15.5. The Morgan fingerprint density at radius 2 is 2.14 bits per heavy atom. The Morgan fingerprint density at radius 3 is 2.77 bits per heavy atom. The van der Waals surface area contributed by atoms with Crippen LogP contribution in [-0.4, -0.2) is 50.5 Å². The van der Waals surface area contributed by atoms with Gasteiger partial charge in [0.2, 0.25) is 0 Å². The largest absolute Gasteiger partial charge is 0.314 e. The maximum Gasteiger partial charge on any atom is 0.153 e. The molecule has 1 aliphatic rings. The second-order valence-electron chi connectivity index (χ2n) is 5.73. The van der Waals surface area contributed by atoms with Crippen molar-refractivity contribution >= 4 is 22.2 Å². The second kappa shape index (κ2) is 8.24. The first-order valence-electron chi connectivity index (χ1n) is 7.32. The normalized spacial score (nSPS) is 19.9. The standard InChI is InChI=1S/C15H23FN2O2S.ClH/c1-12(2)21(19,20)9-8-18-7-6-17-11-15(18)13-4-3-5-14(16)10-13;/h3-5,10,12,15,17H,6-9,11H2,1-2H3;1H. The Labute approximate surface area is 138 Å². The third-order valence-corrected chi connectivity index (χ3v) is 6.16. The average Bonchev–Trinajstić information content (AvgIpc) is 2.45. The van der Waals surface area contributed by atoms with Crippen molar-refractivity contribution in [2.45, 2.75) is 25.1 Å². The van der Waals surface area contributed by atoms with Gasteiger partial charge in [0.1, 0.15) is 5.82 Å². The van der Waals surface area contributed by atoms with E-state index < -0.39 is 9.84 Å². The monoisotopic (exact) mass is 350 g/mol. The molecule has 0 amide bonds. The van der Waals surface area contributed by atoms with Crippen molar-refractivity contribution in [3.05, 3.63) is 35.6 Å². The number of rotatable bonds is 5. The molecule has 1 saturated heterocycles. The van der Waals surface area contributed by atoms with E-state index in [1.54, 1.807) is 19.9 Å². The fraction of sp³-hybridized carbons (Fsp3) is 0.600. The predicted octanol–water partition coefficient (Wildman–Crippen LogP) is 2.02. The van der Waals surface area contributed by atoms with Gasteiger partial charge < -0.3 is 5.32 Å². The maximum absolute atomic E-state index is 13.4. The molecule has 0 bridgehead atoms. The molecule has 4 nitrogen and oxygen atoms in total.